The van der Waals surface area contributed by atoms with Crippen LogP contribution in [0.25, 0.3) is 0 Å². The minimum Gasteiger partial charge on any atom is -0.480 e. The third-order valence-corrected chi connectivity index (χ3v) is 4.28. The predicted molar refractivity (Wildman–Crippen MR) is 65.3 cm³/mol. The molecular formula is C11H16NO4P. The summed E-state index contributed by atoms with van der Waals surface area (Å²) in [5.74, 6) is -1.25. The zero-order valence-electron chi connectivity index (χ0n) is 9.32. The Kier molecular flexibility index (Phi) is 4.87. The number of aryl methyl sites for hydroxylation is 1. The maximum absolute atomic E-state index is 11.7. The average molecular weight is 257 g/mol. The number of benzene rings is 1. The molecule has 1 aromatic rings. The van der Waals surface area contributed by atoms with Gasteiger partial charge in [0.1, 0.15) is 6.04 Å². The van der Waals surface area contributed by atoms with Gasteiger partial charge in [-0.3, -0.25) is 9.36 Å². The summed E-state index contributed by atoms with van der Waals surface area (Å²) in [6.07, 6.45) is 0.119. The molecule has 5 nitrogen and oxygen atoms in total. The second kappa shape index (κ2) is 5.96. The van der Waals surface area contributed by atoms with Gasteiger partial charge in [-0.25, -0.2) is 0 Å². The summed E-state index contributed by atoms with van der Waals surface area (Å²) in [4.78, 5) is 20.1. The van der Waals surface area contributed by atoms with E-state index in [0.717, 1.165) is 5.56 Å². The van der Waals surface area contributed by atoms with Crippen LogP contribution >= 0.6 is 7.37 Å². The van der Waals surface area contributed by atoms with E-state index in [9.17, 15) is 14.3 Å². The smallest absolute Gasteiger partial charge is 0.321 e. The fourth-order valence-corrected chi connectivity index (χ4v) is 2.99. The van der Waals surface area contributed by atoms with Gasteiger partial charge in [-0.1, -0.05) is 30.3 Å². The van der Waals surface area contributed by atoms with Gasteiger partial charge in [-0.15, -0.1) is 0 Å². The van der Waals surface area contributed by atoms with Crippen LogP contribution in [0.3, 0.4) is 0 Å². The van der Waals surface area contributed by atoms with Crippen LogP contribution in [0.15, 0.2) is 30.3 Å². The first kappa shape index (κ1) is 13.9. The predicted octanol–water partition coefficient (Wildman–Crippen LogP) is 0.911. The number of hydrogen-bond acceptors (Lipinski definition) is 3. The van der Waals surface area contributed by atoms with Crippen molar-refractivity contribution in [3.8, 4) is 0 Å². The molecule has 0 amide bonds. The summed E-state index contributed by atoms with van der Waals surface area (Å²) in [7, 11) is -3.47. The van der Waals surface area contributed by atoms with Crippen molar-refractivity contribution in [1.82, 2.24) is 0 Å². The second-order valence-electron chi connectivity index (χ2n) is 3.93. The van der Waals surface area contributed by atoms with E-state index in [1.165, 1.54) is 0 Å². The van der Waals surface area contributed by atoms with E-state index in [4.69, 9.17) is 10.8 Å². The number of nitrogens with two attached hydrogens (primary N) is 1. The highest BCUT2D eigenvalue weighted by molar-refractivity contribution is 7.58. The Labute approximate surface area is 99.7 Å². The summed E-state index contributed by atoms with van der Waals surface area (Å²) in [6, 6.07) is 8.00. The van der Waals surface area contributed by atoms with Crippen molar-refractivity contribution >= 4 is 13.3 Å². The highest BCUT2D eigenvalue weighted by atomic mass is 31.2. The summed E-state index contributed by atoms with van der Waals surface area (Å²) in [5.41, 5.74) is 6.19. The molecule has 0 bridgehead atoms. The Morgan fingerprint density at radius 3 is 2.47 bits per heavy atom. The van der Waals surface area contributed by atoms with Gasteiger partial charge < -0.3 is 15.7 Å². The Morgan fingerprint density at radius 2 is 1.94 bits per heavy atom. The normalized spacial score (nSPS) is 16.1. The molecule has 1 rings (SSSR count). The summed E-state index contributed by atoms with van der Waals surface area (Å²) in [5, 5.41) is 8.57. The third kappa shape index (κ3) is 5.13. The second-order valence-corrected chi connectivity index (χ2v) is 6.44. The molecule has 2 atom stereocenters. The highest BCUT2D eigenvalue weighted by Gasteiger charge is 2.25. The molecule has 4 N–H and O–H groups in total. The average Bonchev–Trinajstić information content (AvgIpc) is 2.27. The zero-order valence-corrected chi connectivity index (χ0v) is 10.2. The maximum atomic E-state index is 11.7. The van der Waals surface area contributed by atoms with Crippen LogP contribution in [0.5, 0.6) is 0 Å². The van der Waals surface area contributed by atoms with Crippen molar-refractivity contribution in [3.63, 3.8) is 0 Å². The van der Waals surface area contributed by atoms with Crippen LogP contribution in [-0.4, -0.2) is 34.3 Å². The molecule has 0 saturated carbocycles. The van der Waals surface area contributed by atoms with E-state index in [0.29, 0.717) is 6.42 Å². The first-order chi connectivity index (χ1) is 7.91. The van der Waals surface area contributed by atoms with E-state index >= 15 is 0 Å². The lowest BCUT2D eigenvalue weighted by molar-refractivity contribution is -0.138. The lowest BCUT2D eigenvalue weighted by Gasteiger charge is -2.13. The molecule has 0 aliphatic carbocycles. The van der Waals surface area contributed by atoms with Crippen LogP contribution in [0.1, 0.15) is 5.56 Å². The molecule has 1 unspecified atom stereocenters. The molecule has 94 valence electrons. The lowest BCUT2D eigenvalue weighted by atomic mass is 10.2. The van der Waals surface area contributed by atoms with Crippen LogP contribution < -0.4 is 5.73 Å². The van der Waals surface area contributed by atoms with Crippen LogP contribution in [0, 0.1) is 0 Å². The molecule has 17 heavy (non-hydrogen) atoms. The molecular weight excluding hydrogens is 241 g/mol. The molecule has 0 aliphatic rings. The fourth-order valence-electron chi connectivity index (χ4n) is 1.43. The Balaban J connectivity index is 2.50. The Morgan fingerprint density at radius 1 is 1.35 bits per heavy atom. The number of carboxylic acid groups (broad SMARTS) is 1. The van der Waals surface area contributed by atoms with Crippen molar-refractivity contribution in [2.24, 2.45) is 5.73 Å². The number of aliphatic carboxylic acids is 1. The molecule has 0 heterocycles. The van der Waals surface area contributed by atoms with E-state index in [1.54, 1.807) is 0 Å². The van der Waals surface area contributed by atoms with Gasteiger partial charge >= 0.3 is 5.97 Å². The largest absolute Gasteiger partial charge is 0.480 e. The molecule has 0 saturated heterocycles. The van der Waals surface area contributed by atoms with Crippen molar-refractivity contribution in [2.45, 2.75) is 12.5 Å². The van der Waals surface area contributed by atoms with Crippen LogP contribution in [0.2, 0.25) is 0 Å². The fraction of sp³-hybridized carbons (Fsp3) is 0.364. The number of carbonyl (C=O) groups is 1. The molecule has 6 heteroatoms. The third-order valence-electron chi connectivity index (χ3n) is 2.39. The topological polar surface area (TPSA) is 101 Å². The van der Waals surface area contributed by atoms with Crippen molar-refractivity contribution in [1.29, 1.82) is 0 Å². The van der Waals surface area contributed by atoms with E-state index in [1.807, 2.05) is 30.3 Å². The molecule has 1 aromatic carbocycles. The number of carboxylic acids is 1. The number of hydrogen-bond donors (Lipinski definition) is 3. The molecule has 0 radical (unpaired) electrons. The first-order valence-corrected chi connectivity index (χ1v) is 7.27. The summed E-state index contributed by atoms with van der Waals surface area (Å²) >= 11 is 0. The zero-order chi connectivity index (χ0) is 12.9. The van der Waals surface area contributed by atoms with Gasteiger partial charge in [-0.2, -0.15) is 0 Å². The van der Waals surface area contributed by atoms with Gasteiger partial charge in [0.2, 0.25) is 7.37 Å². The minimum atomic E-state index is -3.47. The van der Waals surface area contributed by atoms with Gasteiger partial charge in [0.15, 0.2) is 0 Å². The van der Waals surface area contributed by atoms with Crippen molar-refractivity contribution in [2.75, 3.05) is 12.3 Å². The summed E-state index contributed by atoms with van der Waals surface area (Å²) < 4.78 is 11.7. The Bertz CT molecular complexity index is 421. The van der Waals surface area contributed by atoms with Gasteiger partial charge in [0.05, 0.1) is 6.16 Å². The van der Waals surface area contributed by atoms with Gasteiger partial charge in [-0.05, 0) is 12.0 Å². The summed E-state index contributed by atoms with van der Waals surface area (Å²) in [6.45, 7) is 0. The quantitative estimate of drug-likeness (QED) is 0.658. The van der Waals surface area contributed by atoms with E-state index < -0.39 is 19.4 Å². The van der Waals surface area contributed by atoms with E-state index in [-0.39, 0.29) is 12.3 Å². The van der Waals surface area contributed by atoms with Crippen LogP contribution in [-0.2, 0) is 15.8 Å². The maximum Gasteiger partial charge on any atom is 0.321 e. The van der Waals surface area contributed by atoms with Crippen LogP contribution in [0.4, 0.5) is 0 Å². The molecule has 0 spiro atoms. The SMILES string of the molecule is N[C@H](CP(=O)(O)CCc1ccccc1)C(=O)O. The monoisotopic (exact) mass is 257 g/mol. The first-order valence-electron chi connectivity index (χ1n) is 5.24. The Hall–Kier alpha value is -1.16. The highest BCUT2D eigenvalue weighted by Crippen LogP contribution is 2.41. The van der Waals surface area contributed by atoms with Crippen molar-refractivity contribution in [3.05, 3.63) is 35.9 Å². The molecule has 0 aliphatic heterocycles. The minimum absolute atomic E-state index is 0.0536. The lowest BCUT2D eigenvalue weighted by Crippen LogP contribution is -2.34. The van der Waals surface area contributed by atoms with E-state index in [2.05, 4.69) is 0 Å². The molecule has 0 fully saturated rings. The van der Waals surface area contributed by atoms with Gasteiger partial charge in [0.25, 0.3) is 0 Å². The number of rotatable bonds is 6. The molecule has 0 aromatic heterocycles. The van der Waals surface area contributed by atoms with Gasteiger partial charge in [0, 0.05) is 6.16 Å². The standard InChI is InChI=1S/C11H16NO4P/c12-10(11(13)14)8-17(15,16)7-6-9-4-2-1-3-5-9/h1-5,10H,6-8,12H2,(H,13,14)(H,15,16)/t10-/m1/s1. The van der Waals surface area contributed by atoms with Crippen molar-refractivity contribution < 1.29 is 19.4 Å².